The van der Waals surface area contributed by atoms with E-state index in [-0.39, 0.29) is 12.5 Å². The van der Waals surface area contributed by atoms with E-state index < -0.39 is 11.9 Å². The van der Waals surface area contributed by atoms with Crippen LogP contribution >= 0.6 is 0 Å². The molecule has 0 bridgehead atoms. The van der Waals surface area contributed by atoms with Gasteiger partial charge in [0.25, 0.3) is 5.91 Å². The minimum absolute atomic E-state index is 0.165. The normalized spacial score (nSPS) is 12.3. The molecule has 0 aliphatic carbocycles. The van der Waals surface area contributed by atoms with Crippen LogP contribution in [-0.2, 0) is 4.79 Å². The summed E-state index contributed by atoms with van der Waals surface area (Å²) in [5, 5.41) is 16.4. The number of benzene rings is 1. The van der Waals surface area contributed by atoms with E-state index in [1.807, 2.05) is 6.07 Å². The molecule has 2 rings (SSSR count). The van der Waals surface area contributed by atoms with E-state index in [1.54, 1.807) is 32.3 Å². The van der Waals surface area contributed by atoms with Crippen molar-refractivity contribution < 1.29 is 14.7 Å². The number of carboxylic acid groups (broad SMARTS) is 1. The van der Waals surface area contributed by atoms with Crippen LogP contribution < -0.4 is 0 Å². The van der Waals surface area contributed by atoms with Crippen molar-refractivity contribution >= 4 is 22.8 Å². The van der Waals surface area contributed by atoms with Crippen LogP contribution in [0.2, 0.25) is 0 Å². The van der Waals surface area contributed by atoms with E-state index in [4.69, 9.17) is 5.11 Å². The van der Waals surface area contributed by atoms with E-state index in [1.165, 1.54) is 4.90 Å². The standard InChI is InChI=1S/C13H15N3O3/c1-8(13(18)19)7-16(2)12(17)10-5-3-4-9-6-14-15-11(9)10/h3-6,8H,7H2,1-2H3,(H,14,15)(H,18,19). The van der Waals surface area contributed by atoms with Crippen LogP contribution in [0.25, 0.3) is 10.9 Å². The second-order valence-electron chi connectivity index (χ2n) is 4.56. The molecule has 0 aliphatic heterocycles. The molecule has 100 valence electrons. The van der Waals surface area contributed by atoms with Crippen LogP contribution in [0.3, 0.4) is 0 Å². The Labute approximate surface area is 110 Å². The molecule has 0 spiro atoms. The summed E-state index contributed by atoms with van der Waals surface area (Å²) in [7, 11) is 1.59. The van der Waals surface area contributed by atoms with Gasteiger partial charge in [-0.1, -0.05) is 19.1 Å². The topological polar surface area (TPSA) is 86.3 Å². The highest BCUT2D eigenvalue weighted by atomic mass is 16.4. The van der Waals surface area contributed by atoms with Crippen molar-refractivity contribution in [3.8, 4) is 0 Å². The van der Waals surface area contributed by atoms with Gasteiger partial charge in [-0.15, -0.1) is 0 Å². The Balaban J connectivity index is 2.24. The molecule has 1 aromatic heterocycles. The average molecular weight is 261 g/mol. The molecular weight excluding hydrogens is 246 g/mol. The lowest BCUT2D eigenvalue weighted by atomic mass is 10.1. The second-order valence-corrected chi connectivity index (χ2v) is 4.56. The number of nitrogens with zero attached hydrogens (tertiary/aromatic N) is 2. The number of fused-ring (bicyclic) bond motifs is 1. The van der Waals surface area contributed by atoms with Crippen molar-refractivity contribution in [1.29, 1.82) is 0 Å². The minimum atomic E-state index is -0.917. The third-order valence-corrected chi connectivity index (χ3v) is 3.02. The van der Waals surface area contributed by atoms with Crippen LogP contribution in [0.1, 0.15) is 17.3 Å². The molecule has 2 aromatic rings. The molecule has 2 N–H and O–H groups in total. The molecule has 1 atom stereocenters. The first-order valence-electron chi connectivity index (χ1n) is 5.91. The summed E-state index contributed by atoms with van der Waals surface area (Å²) in [5.41, 5.74) is 1.16. The van der Waals surface area contributed by atoms with Gasteiger partial charge < -0.3 is 10.0 Å². The molecular formula is C13H15N3O3. The van der Waals surface area contributed by atoms with E-state index in [2.05, 4.69) is 10.2 Å². The van der Waals surface area contributed by atoms with Gasteiger partial charge in [0, 0.05) is 19.0 Å². The summed E-state index contributed by atoms with van der Waals surface area (Å²) >= 11 is 0. The summed E-state index contributed by atoms with van der Waals surface area (Å²) in [4.78, 5) is 24.5. The lowest BCUT2D eigenvalue weighted by molar-refractivity contribution is -0.141. The van der Waals surface area contributed by atoms with E-state index in [0.29, 0.717) is 11.1 Å². The third-order valence-electron chi connectivity index (χ3n) is 3.02. The fraction of sp³-hybridized carbons (Fsp3) is 0.308. The molecule has 0 saturated heterocycles. The molecule has 6 heteroatoms. The first-order valence-corrected chi connectivity index (χ1v) is 5.91. The zero-order valence-corrected chi connectivity index (χ0v) is 10.8. The van der Waals surface area contributed by atoms with E-state index in [9.17, 15) is 9.59 Å². The Kier molecular flexibility index (Phi) is 3.50. The number of nitrogens with one attached hydrogen (secondary N) is 1. The van der Waals surface area contributed by atoms with Crippen LogP contribution in [0.15, 0.2) is 24.4 Å². The van der Waals surface area contributed by atoms with Gasteiger partial charge >= 0.3 is 5.97 Å². The van der Waals surface area contributed by atoms with Crippen molar-refractivity contribution in [2.24, 2.45) is 5.92 Å². The highest BCUT2D eigenvalue weighted by Gasteiger charge is 2.20. The number of carbonyl (C=O) groups excluding carboxylic acids is 1. The SMILES string of the molecule is CC(CN(C)C(=O)c1cccc2cn[nH]c12)C(=O)O. The van der Waals surface area contributed by atoms with Crippen LogP contribution in [0, 0.1) is 5.92 Å². The van der Waals surface area contributed by atoms with Gasteiger partial charge in [0.1, 0.15) is 0 Å². The number of carboxylic acids is 1. The summed E-state index contributed by atoms with van der Waals surface area (Å²) < 4.78 is 0. The highest BCUT2D eigenvalue weighted by Crippen LogP contribution is 2.17. The first-order chi connectivity index (χ1) is 9.00. The lowest BCUT2D eigenvalue weighted by Crippen LogP contribution is -2.33. The number of rotatable bonds is 4. The fourth-order valence-corrected chi connectivity index (χ4v) is 1.92. The predicted octanol–water partition coefficient (Wildman–Crippen LogP) is 1.36. The maximum atomic E-state index is 12.3. The Morgan fingerprint density at radius 1 is 1.47 bits per heavy atom. The van der Waals surface area contributed by atoms with Crippen molar-refractivity contribution in [2.75, 3.05) is 13.6 Å². The number of H-pyrrole nitrogens is 1. The van der Waals surface area contributed by atoms with Crippen molar-refractivity contribution in [2.45, 2.75) is 6.92 Å². The van der Waals surface area contributed by atoms with E-state index >= 15 is 0 Å². The fourth-order valence-electron chi connectivity index (χ4n) is 1.92. The van der Waals surface area contributed by atoms with Gasteiger partial charge in [-0.25, -0.2) is 0 Å². The number of hydrogen-bond acceptors (Lipinski definition) is 3. The number of para-hydroxylation sites is 1. The van der Waals surface area contributed by atoms with Gasteiger partial charge in [-0.05, 0) is 6.07 Å². The van der Waals surface area contributed by atoms with Crippen LogP contribution in [0.4, 0.5) is 0 Å². The number of carbonyl (C=O) groups is 2. The maximum absolute atomic E-state index is 12.3. The Morgan fingerprint density at radius 2 is 2.21 bits per heavy atom. The monoisotopic (exact) mass is 261 g/mol. The number of aromatic nitrogens is 2. The summed E-state index contributed by atoms with van der Waals surface area (Å²) in [6.45, 7) is 1.74. The van der Waals surface area contributed by atoms with Gasteiger partial charge in [-0.2, -0.15) is 5.10 Å². The highest BCUT2D eigenvalue weighted by molar-refractivity contribution is 6.05. The molecule has 0 aliphatic rings. The molecule has 1 amide bonds. The number of amides is 1. The molecule has 1 heterocycles. The molecule has 1 unspecified atom stereocenters. The van der Waals surface area contributed by atoms with Crippen molar-refractivity contribution in [3.05, 3.63) is 30.0 Å². The Bertz CT molecular complexity index is 620. The quantitative estimate of drug-likeness (QED) is 0.870. The molecule has 1 aromatic carbocycles. The molecule has 19 heavy (non-hydrogen) atoms. The molecule has 0 radical (unpaired) electrons. The predicted molar refractivity (Wildman–Crippen MR) is 69.9 cm³/mol. The second kappa shape index (κ2) is 5.09. The summed E-state index contributed by atoms with van der Waals surface area (Å²) in [6.07, 6.45) is 1.64. The summed E-state index contributed by atoms with van der Waals surface area (Å²) in [5.74, 6) is -1.74. The average Bonchev–Trinajstić information content (AvgIpc) is 2.85. The van der Waals surface area contributed by atoms with Crippen LogP contribution in [-0.4, -0.2) is 45.7 Å². The first kappa shape index (κ1) is 13.1. The maximum Gasteiger partial charge on any atom is 0.308 e. The van der Waals surface area contributed by atoms with Crippen molar-refractivity contribution in [3.63, 3.8) is 0 Å². The number of hydrogen-bond donors (Lipinski definition) is 2. The number of aromatic amines is 1. The Hall–Kier alpha value is -2.37. The lowest BCUT2D eigenvalue weighted by Gasteiger charge is -2.19. The van der Waals surface area contributed by atoms with Gasteiger partial charge in [0.15, 0.2) is 0 Å². The Morgan fingerprint density at radius 3 is 2.89 bits per heavy atom. The zero-order chi connectivity index (χ0) is 14.0. The van der Waals surface area contributed by atoms with Gasteiger partial charge in [0.05, 0.1) is 23.2 Å². The molecule has 0 saturated carbocycles. The van der Waals surface area contributed by atoms with Gasteiger partial charge in [0.2, 0.25) is 0 Å². The molecule has 6 nitrogen and oxygen atoms in total. The van der Waals surface area contributed by atoms with Gasteiger partial charge in [-0.3, -0.25) is 14.7 Å². The largest absolute Gasteiger partial charge is 0.481 e. The molecule has 0 fully saturated rings. The minimum Gasteiger partial charge on any atom is -0.481 e. The van der Waals surface area contributed by atoms with E-state index in [0.717, 1.165) is 5.39 Å². The van der Waals surface area contributed by atoms with Crippen LogP contribution in [0.5, 0.6) is 0 Å². The number of aliphatic carboxylic acids is 1. The smallest absolute Gasteiger partial charge is 0.308 e. The van der Waals surface area contributed by atoms with Crippen molar-refractivity contribution in [1.82, 2.24) is 15.1 Å². The zero-order valence-electron chi connectivity index (χ0n) is 10.8. The summed E-state index contributed by atoms with van der Waals surface area (Å²) in [6, 6.07) is 5.33. The third kappa shape index (κ3) is 2.57.